The molecule has 0 radical (unpaired) electrons. The number of anilines is 6. The number of halogens is 6. The molecule has 0 saturated carbocycles. The van der Waals surface area contributed by atoms with Crippen molar-refractivity contribution >= 4 is 56.7 Å². The second-order valence-corrected chi connectivity index (χ2v) is 10.5. The Morgan fingerprint density at radius 2 is 0.750 bits per heavy atom. The van der Waals surface area contributed by atoms with Crippen LogP contribution < -0.4 is 9.80 Å². The summed E-state index contributed by atoms with van der Waals surface area (Å²) in [4.78, 5) is 22.1. The molecule has 6 nitrogen and oxygen atoms in total. The standard InChI is InChI=1S/C32H20F6N6/c1-17-3-9-21(10-4-17)43-27-30(42-26-16-20(32(36,37)38)7-13-23(26)39-27)44(22-11-5-18(2)6-12-22)28-29(43)41-25-15-19(31(33,34)35)8-14-24(25)40-28/h3-16H,1-2H3. The zero-order valence-corrected chi connectivity index (χ0v) is 23.0. The van der Waals surface area contributed by atoms with Gasteiger partial charge in [0.05, 0.1) is 33.2 Å². The van der Waals surface area contributed by atoms with E-state index in [-0.39, 0.29) is 45.3 Å². The van der Waals surface area contributed by atoms with Crippen molar-refractivity contribution in [2.75, 3.05) is 9.80 Å². The van der Waals surface area contributed by atoms with Gasteiger partial charge in [-0.2, -0.15) is 26.3 Å². The molecule has 3 heterocycles. The first-order chi connectivity index (χ1) is 20.9. The number of nitrogens with zero attached hydrogens (tertiary/aromatic N) is 6. The molecule has 220 valence electrons. The third-order valence-electron chi connectivity index (χ3n) is 7.34. The van der Waals surface area contributed by atoms with E-state index >= 15 is 0 Å². The highest BCUT2D eigenvalue weighted by Crippen LogP contribution is 2.52. The van der Waals surface area contributed by atoms with Crippen LogP contribution in [0, 0.1) is 13.8 Å². The van der Waals surface area contributed by atoms with Crippen LogP contribution in [0.25, 0.3) is 22.1 Å². The highest BCUT2D eigenvalue weighted by atomic mass is 19.4. The van der Waals surface area contributed by atoms with Crippen LogP contribution in [0.15, 0.2) is 84.9 Å². The summed E-state index contributed by atoms with van der Waals surface area (Å²) < 4.78 is 81.9. The van der Waals surface area contributed by atoms with Gasteiger partial charge in [-0.05, 0) is 74.5 Å². The maximum absolute atomic E-state index is 13.6. The van der Waals surface area contributed by atoms with Crippen LogP contribution in [0.2, 0.25) is 0 Å². The number of alkyl halides is 6. The van der Waals surface area contributed by atoms with Crippen molar-refractivity contribution in [3.63, 3.8) is 0 Å². The van der Waals surface area contributed by atoms with Gasteiger partial charge in [0.15, 0.2) is 23.3 Å². The molecule has 0 aliphatic carbocycles. The first-order valence-corrected chi connectivity index (χ1v) is 13.4. The van der Waals surface area contributed by atoms with E-state index in [0.29, 0.717) is 11.4 Å². The van der Waals surface area contributed by atoms with E-state index in [1.54, 1.807) is 34.1 Å². The molecule has 0 saturated heterocycles. The smallest absolute Gasteiger partial charge is 0.273 e. The lowest BCUT2D eigenvalue weighted by atomic mass is 10.1. The van der Waals surface area contributed by atoms with Crippen LogP contribution in [0.1, 0.15) is 22.3 Å². The molecule has 2 aromatic heterocycles. The van der Waals surface area contributed by atoms with Crippen molar-refractivity contribution in [1.29, 1.82) is 0 Å². The number of aromatic nitrogens is 4. The van der Waals surface area contributed by atoms with Gasteiger partial charge in [0, 0.05) is 11.4 Å². The Labute approximate surface area is 246 Å². The van der Waals surface area contributed by atoms with Gasteiger partial charge in [0.2, 0.25) is 0 Å². The van der Waals surface area contributed by atoms with Crippen LogP contribution >= 0.6 is 0 Å². The van der Waals surface area contributed by atoms with Gasteiger partial charge in [-0.15, -0.1) is 0 Å². The van der Waals surface area contributed by atoms with Crippen molar-refractivity contribution in [3.05, 3.63) is 107 Å². The Bertz CT molecular complexity index is 1920. The summed E-state index contributed by atoms with van der Waals surface area (Å²) in [5.74, 6) is 0.785. The molecular formula is C32H20F6N6. The molecular weight excluding hydrogens is 582 g/mol. The first kappa shape index (κ1) is 27.6. The molecule has 4 aromatic carbocycles. The van der Waals surface area contributed by atoms with Crippen LogP contribution in [0.4, 0.5) is 61.0 Å². The molecule has 0 bridgehead atoms. The van der Waals surface area contributed by atoms with Crippen LogP contribution in [-0.4, -0.2) is 19.9 Å². The van der Waals surface area contributed by atoms with Gasteiger partial charge in [-0.1, -0.05) is 35.4 Å². The molecule has 7 rings (SSSR count). The number of benzene rings is 4. The normalized spacial score (nSPS) is 13.4. The molecule has 0 amide bonds. The molecule has 0 fully saturated rings. The zero-order chi connectivity index (χ0) is 31.0. The third kappa shape index (κ3) is 4.62. The van der Waals surface area contributed by atoms with Gasteiger partial charge < -0.3 is 0 Å². The number of fused-ring (bicyclic) bond motifs is 4. The Hall–Kier alpha value is -5.26. The largest absolute Gasteiger partial charge is 0.416 e. The molecule has 6 aromatic rings. The molecule has 0 N–H and O–H groups in total. The summed E-state index contributed by atoms with van der Waals surface area (Å²) >= 11 is 0. The third-order valence-corrected chi connectivity index (χ3v) is 7.34. The maximum Gasteiger partial charge on any atom is 0.416 e. The topological polar surface area (TPSA) is 58.0 Å². The van der Waals surface area contributed by atoms with Gasteiger partial charge in [-0.25, -0.2) is 19.9 Å². The maximum atomic E-state index is 13.6. The second kappa shape index (κ2) is 9.63. The van der Waals surface area contributed by atoms with Gasteiger partial charge >= 0.3 is 12.4 Å². The van der Waals surface area contributed by atoms with E-state index in [2.05, 4.69) is 0 Å². The summed E-state index contributed by atoms with van der Waals surface area (Å²) in [5, 5.41) is 0. The molecule has 12 heteroatoms. The van der Waals surface area contributed by atoms with Crippen molar-refractivity contribution < 1.29 is 26.3 Å². The van der Waals surface area contributed by atoms with Crippen LogP contribution in [0.3, 0.4) is 0 Å². The lowest BCUT2D eigenvalue weighted by molar-refractivity contribution is -0.138. The number of rotatable bonds is 2. The van der Waals surface area contributed by atoms with Crippen molar-refractivity contribution in [2.24, 2.45) is 0 Å². The summed E-state index contributed by atoms with van der Waals surface area (Å²) in [6, 6.07) is 20.8. The highest BCUT2D eigenvalue weighted by Gasteiger charge is 2.38. The van der Waals surface area contributed by atoms with Gasteiger partial charge in [0.25, 0.3) is 0 Å². The monoisotopic (exact) mass is 602 g/mol. The van der Waals surface area contributed by atoms with E-state index < -0.39 is 23.5 Å². The van der Waals surface area contributed by atoms with Crippen molar-refractivity contribution in [2.45, 2.75) is 26.2 Å². The lowest BCUT2D eigenvalue weighted by Gasteiger charge is -2.37. The van der Waals surface area contributed by atoms with E-state index in [1.165, 1.54) is 12.1 Å². The van der Waals surface area contributed by atoms with E-state index in [0.717, 1.165) is 35.4 Å². The molecule has 0 spiro atoms. The quantitative estimate of drug-likeness (QED) is 0.184. The Kier molecular flexibility index (Phi) is 6.03. The summed E-state index contributed by atoms with van der Waals surface area (Å²) in [5.41, 5.74) is 1.66. The Morgan fingerprint density at radius 1 is 0.432 bits per heavy atom. The van der Waals surface area contributed by atoms with E-state index in [1.807, 2.05) is 38.1 Å². The van der Waals surface area contributed by atoms with Crippen molar-refractivity contribution in [1.82, 2.24) is 19.9 Å². The fourth-order valence-corrected chi connectivity index (χ4v) is 5.10. The molecule has 0 atom stereocenters. The SMILES string of the molecule is Cc1ccc(N2c3nc4ccc(C(F)(F)F)cc4nc3N(c3ccc(C)cc3)c3nc4ccc(C(F)(F)F)cc4nc32)cc1. The zero-order valence-electron chi connectivity index (χ0n) is 23.0. The average Bonchev–Trinajstić information content (AvgIpc) is 2.98. The average molecular weight is 603 g/mol. The predicted octanol–water partition coefficient (Wildman–Crippen LogP) is 9.48. The minimum Gasteiger partial charge on any atom is -0.273 e. The lowest BCUT2D eigenvalue weighted by Crippen LogP contribution is -2.28. The first-order valence-electron chi connectivity index (χ1n) is 13.4. The minimum absolute atomic E-state index is 0.00607. The Balaban J connectivity index is 1.57. The van der Waals surface area contributed by atoms with Crippen LogP contribution in [0.5, 0.6) is 0 Å². The number of hydrogen-bond donors (Lipinski definition) is 0. The summed E-state index contributed by atoms with van der Waals surface area (Å²) in [6.45, 7) is 3.80. The molecule has 0 unspecified atom stereocenters. The van der Waals surface area contributed by atoms with Crippen LogP contribution in [-0.2, 0) is 12.4 Å². The minimum atomic E-state index is -4.59. The van der Waals surface area contributed by atoms with Crippen molar-refractivity contribution in [3.8, 4) is 0 Å². The molecule has 1 aliphatic rings. The second-order valence-electron chi connectivity index (χ2n) is 10.5. The summed E-state index contributed by atoms with van der Waals surface area (Å²) in [6.07, 6.45) is -9.19. The molecule has 1 aliphatic heterocycles. The summed E-state index contributed by atoms with van der Waals surface area (Å²) in [7, 11) is 0. The van der Waals surface area contributed by atoms with Gasteiger partial charge in [-0.3, -0.25) is 9.80 Å². The van der Waals surface area contributed by atoms with E-state index in [9.17, 15) is 26.3 Å². The highest BCUT2D eigenvalue weighted by molar-refractivity contribution is 6.00. The fourth-order valence-electron chi connectivity index (χ4n) is 5.10. The number of aryl methyl sites for hydroxylation is 2. The van der Waals surface area contributed by atoms with Gasteiger partial charge in [0.1, 0.15) is 0 Å². The fraction of sp³-hybridized carbons (Fsp3) is 0.125. The molecule has 44 heavy (non-hydrogen) atoms. The predicted molar refractivity (Wildman–Crippen MR) is 155 cm³/mol. The Morgan fingerprint density at radius 3 is 1.07 bits per heavy atom. The number of hydrogen-bond acceptors (Lipinski definition) is 6. The van der Waals surface area contributed by atoms with E-state index in [4.69, 9.17) is 19.9 Å².